The van der Waals surface area contributed by atoms with Crippen LogP contribution < -0.4 is 14.2 Å². The van der Waals surface area contributed by atoms with Crippen LogP contribution in [-0.4, -0.2) is 64.1 Å². The molecule has 1 aliphatic heterocycles. The lowest BCUT2D eigenvalue weighted by molar-refractivity contribution is -0.189. The maximum Gasteiger partial charge on any atom is 0.425 e. The zero-order valence-corrected chi connectivity index (χ0v) is 19.6. The molecule has 1 saturated heterocycles. The number of ether oxygens (including phenoxy) is 3. The van der Waals surface area contributed by atoms with Crippen molar-refractivity contribution in [2.75, 3.05) is 26.5 Å². The third kappa shape index (κ3) is 5.37. The van der Waals surface area contributed by atoms with Crippen LogP contribution in [0.25, 0.3) is 0 Å². The molecule has 0 N–H and O–H groups in total. The van der Waals surface area contributed by atoms with E-state index in [1.54, 1.807) is 6.92 Å². The number of methoxy groups -OCH3 is 1. The fourth-order valence-corrected chi connectivity index (χ4v) is 4.20. The predicted octanol–water partition coefficient (Wildman–Crippen LogP) is 3.78. The third-order valence-electron chi connectivity index (χ3n) is 5.23. The van der Waals surface area contributed by atoms with Gasteiger partial charge >= 0.3 is 6.18 Å². The highest BCUT2D eigenvalue weighted by atomic mass is 32.2. The summed E-state index contributed by atoms with van der Waals surface area (Å²) in [4.78, 5) is 14.1. The molecule has 1 amide bonds. The number of hydrogen-bond donors (Lipinski definition) is 0. The summed E-state index contributed by atoms with van der Waals surface area (Å²) in [7, 11) is -2.77. The summed E-state index contributed by atoms with van der Waals surface area (Å²) in [6, 6.07) is 6.02. The number of hydrogen-bond acceptors (Lipinski definition) is 6. The molecule has 1 atom stereocenters. The molecule has 0 aliphatic carbocycles. The number of amides is 1. The van der Waals surface area contributed by atoms with Gasteiger partial charge in [0.2, 0.25) is 0 Å². The van der Waals surface area contributed by atoms with Crippen molar-refractivity contribution in [1.29, 1.82) is 0 Å². The SMILES string of the molecule is COc1c(S(C)(=O)=O)ccc(O[C@@H](C)C(F)(F)F)c1C(=O)N1CC(Oc2ccc(F)cc2C)C1. The topological polar surface area (TPSA) is 82.1 Å². The van der Waals surface area contributed by atoms with E-state index in [0.29, 0.717) is 11.3 Å². The lowest BCUT2D eigenvalue weighted by atomic mass is 10.1. The van der Waals surface area contributed by atoms with Crippen molar-refractivity contribution >= 4 is 15.7 Å². The van der Waals surface area contributed by atoms with Gasteiger partial charge < -0.3 is 19.1 Å². The zero-order chi connectivity index (χ0) is 25.4. The molecule has 1 fully saturated rings. The number of halogens is 4. The highest BCUT2D eigenvalue weighted by Crippen LogP contribution is 2.39. The van der Waals surface area contributed by atoms with Crippen LogP contribution in [-0.2, 0) is 9.84 Å². The molecule has 34 heavy (non-hydrogen) atoms. The van der Waals surface area contributed by atoms with E-state index in [9.17, 15) is 30.8 Å². The third-order valence-corrected chi connectivity index (χ3v) is 6.35. The monoisotopic (exact) mass is 505 g/mol. The Morgan fingerprint density at radius 2 is 1.76 bits per heavy atom. The van der Waals surface area contributed by atoms with Gasteiger partial charge in [-0.25, -0.2) is 12.8 Å². The Labute approximate surface area is 194 Å². The van der Waals surface area contributed by atoms with Gasteiger partial charge in [0.05, 0.1) is 20.2 Å². The van der Waals surface area contributed by atoms with Gasteiger partial charge in [-0.2, -0.15) is 13.2 Å². The number of rotatable bonds is 7. The van der Waals surface area contributed by atoms with Crippen molar-refractivity contribution in [3.8, 4) is 17.2 Å². The minimum absolute atomic E-state index is 0.0656. The molecule has 2 aromatic carbocycles. The summed E-state index contributed by atoms with van der Waals surface area (Å²) in [5.74, 6) is -1.63. The zero-order valence-electron chi connectivity index (χ0n) is 18.8. The van der Waals surface area contributed by atoms with Crippen molar-refractivity contribution in [3.63, 3.8) is 0 Å². The molecule has 0 unspecified atom stereocenters. The van der Waals surface area contributed by atoms with Crippen LogP contribution in [0.15, 0.2) is 35.2 Å². The second-order valence-corrected chi connectivity index (χ2v) is 9.89. The number of nitrogens with zero attached hydrogens (tertiary/aromatic N) is 1. The Kier molecular flexibility index (Phi) is 7.02. The minimum atomic E-state index is -4.72. The normalized spacial score (nSPS) is 15.5. The van der Waals surface area contributed by atoms with Crippen molar-refractivity contribution in [2.45, 2.75) is 37.1 Å². The van der Waals surface area contributed by atoms with E-state index in [0.717, 1.165) is 32.4 Å². The summed E-state index contributed by atoms with van der Waals surface area (Å²) in [5, 5.41) is 0. The number of carbonyl (C=O) groups excluding carboxylic acids is 1. The molecule has 7 nitrogen and oxygen atoms in total. The molecular formula is C22H23F4NO6S. The molecule has 0 bridgehead atoms. The number of aryl methyl sites for hydroxylation is 1. The van der Waals surface area contributed by atoms with Gasteiger partial charge in [-0.05, 0) is 49.7 Å². The minimum Gasteiger partial charge on any atom is -0.494 e. The van der Waals surface area contributed by atoms with E-state index in [1.165, 1.54) is 23.1 Å². The van der Waals surface area contributed by atoms with E-state index < -0.39 is 57.0 Å². The molecule has 0 aromatic heterocycles. The molecular weight excluding hydrogens is 482 g/mol. The Morgan fingerprint density at radius 3 is 2.29 bits per heavy atom. The van der Waals surface area contributed by atoms with Gasteiger partial charge in [0.15, 0.2) is 21.7 Å². The van der Waals surface area contributed by atoms with Gasteiger partial charge in [0.1, 0.15) is 33.9 Å². The van der Waals surface area contributed by atoms with Crippen LogP contribution in [0, 0.1) is 12.7 Å². The highest BCUT2D eigenvalue weighted by molar-refractivity contribution is 7.90. The lowest BCUT2D eigenvalue weighted by Crippen LogP contribution is -2.56. The summed E-state index contributed by atoms with van der Waals surface area (Å²) >= 11 is 0. The van der Waals surface area contributed by atoms with E-state index in [-0.39, 0.29) is 18.0 Å². The molecule has 2 aromatic rings. The highest BCUT2D eigenvalue weighted by Gasteiger charge is 2.41. The summed E-state index contributed by atoms with van der Waals surface area (Å²) in [5.41, 5.74) is 0.127. The maximum absolute atomic E-state index is 13.3. The number of likely N-dealkylation sites (tertiary alicyclic amines) is 1. The van der Waals surface area contributed by atoms with Crippen molar-refractivity contribution in [2.24, 2.45) is 0 Å². The molecule has 1 aliphatic rings. The van der Waals surface area contributed by atoms with Crippen LogP contribution in [0.1, 0.15) is 22.8 Å². The Morgan fingerprint density at radius 1 is 1.15 bits per heavy atom. The smallest absolute Gasteiger partial charge is 0.425 e. The van der Waals surface area contributed by atoms with Crippen LogP contribution >= 0.6 is 0 Å². The molecule has 186 valence electrons. The summed E-state index contributed by atoms with van der Waals surface area (Å²) in [6.07, 6.45) is -6.54. The standard InChI is InChI=1S/C22H23F4NO6S/c1-12-9-14(23)5-6-16(12)33-15-10-27(11-15)21(28)19-17(32-13(2)22(24,25)26)7-8-18(20(19)31-3)34(4,29)30/h5-9,13,15H,10-11H2,1-4H3/t13-/m0/s1. The van der Waals surface area contributed by atoms with Gasteiger partial charge in [-0.3, -0.25) is 4.79 Å². The molecule has 1 heterocycles. The van der Waals surface area contributed by atoms with Gasteiger partial charge in [0.25, 0.3) is 5.91 Å². The number of alkyl halides is 3. The van der Waals surface area contributed by atoms with Gasteiger partial charge in [-0.1, -0.05) is 0 Å². The molecule has 12 heteroatoms. The average Bonchev–Trinajstić information content (AvgIpc) is 2.69. The lowest BCUT2D eigenvalue weighted by Gasteiger charge is -2.39. The number of sulfone groups is 1. The second-order valence-electron chi connectivity index (χ2n) is 7.90. The predicted molar refractivity (Wildman–Crippen MR) is 114 cm³/mol. The molecule has 3 rings (SSSR count). The quantitative estimate of drug-likeness (QED) is 0.533. The molecule has 0 saturated carbocycles. The van der Waals surface area contributed by atoms with E-state index in [4.69, 9.17) is 14.2 Å². The first-order chi connectivity index (χ1) is 15.7. The second kappa shape index (κ2) is 9.32. The number of benzene rings is 2. The maximum atomic E-state index is 13.3. The van der Waals surface area contributed by atoms with Crippen molar-refractivity contribution in [3.05, 3.63) is 47.3 Å². The fourth-order valence-electron chi connectivity index (χ4n) is 3.36. The van der Waals surface area contributed by atoms with E-state index in [2.05, 4.69) is 0 Å². The van der Waals surface area contributed by atoms with Crippen molar-refractivity contribution in [1.82, 2.24) is 4.90 Å². The summed E-state index contributed by atoms with van der Waals surface area (Å²) < 4.78 is 92.8. The first-order valence-electron chi connectivity index (χ1n) is 10.1. The first-order valence-corrected chi connectivity index (χ1v) is 12.0. The Balaban J connectivity index is 1.89. The molecule has 0 spiro atoms. The largest absolute Gasteiger partial charge is 0.494 e. The van der Waals surface area contributed by atoms with Crippen LogP contribution in [0.5, 0.6) is 17.2 Å². The summed E-state index contributed by atoms with van der Waals surface area (Å²) in [6.45, 7) is 2.56. The van der Waals surface area contributed by atoms with Crippen LogP contribution in [0.2, 0.25) is 0 Å². The van der Waals surface area contributed by atoms with E-state index in [1.807, 2.05) is 0 Å². The first kappa shape index (κ1) is 25.6. The average molecular weight is 505 g/mol. The van der Waals surface area contributed by atoms with Gasteiger partial charge in [-0.15, -0.1) is 0 Å². The van der Waals surface area contributed by atoms with Crippen LogP contribution in [0.4, 0.5) is 17.6 Å². The Bertz CT molecular complexity index is 1190. The van der Waals surface area contributed by atoms with Crippen molar-refractivity contribution < 1.29 is 45.0 Å². The van der Waals surface area contributed by atoms with Crippen LogP contribution in [0.3, 0.4) is 0 Å². The number of carbonyl (C=O) groups is 1. The molecule has 0 radical (unpaired) electrons. The van der Waals surface area contributed by atoms with Gasteiger partial charge in [0, 0.05) is 6.26 Å². The fraction of sp³-hybridized carbons (Fsp3) is 0.409. The van der Waals surface area contributed by atoms with E-state index >= 15 is 0 Å². The Hall–Kier alpha value is -3.02.